The fraction of sp³-hybridized carbons (Fsp3) is 0.385. The van der Waals surface area contributed by atoms with Crippen LogP contribution < -0.4 is 5.32 Å². The third kappa shape index (κ3) is 7.57. The van der Waals surface area contributed by atoms with Gasteiger partial charge in [-0.3, -0.25) is 4.79 Å². The van der Waals surface area contributed by atoms with Crippen molar-refractivity contribution >= 4 is 23.7 Å². The number of nitrogens with one attached hydrogen (secondary N) is 1. The average Bonchev–Trinajstić information content (AvgIpc) is 2.74. The van der Waals surface area contributed by atoms with Crippen molar-refractivity contribution in [3.05, 3.63) is 71.5 Å². The molecule has 0 aliphatic heterocycles. The number of hydrogen-bond acceptors (Lipinski definition) is 4. The van der Waals surface area contributed by atoms with Gasteiger partial charge in [-0.15, -0.1) is 6.58 Å². The summed E-state index contributed by atoms with van der Waals surface area (Å²) < 4.78 is 19.6. The number of hydrogen-bond donors (Lipinski definition) is 3. The number of carbonyl (C=O) groups excluding carboxylic acids is 1. The minimum Gasteiger partial charge on any atom is -0.481 e. The highest BCUT2D eigenvalue weighted by Crippen LogP contribution is 2.31. The standard InChI is InChI=1S/C26H31ClFNO5/c1-5-12-26(16-30,23(31)32)15-20(29-24(33)34-25(2,3)4)13-17-6-8-18(9-7-17)21-14-19(27)10-11-22(21)28/h5-11,14,20,30H,1,12-13,15-16H2,2-4H3,(H,29,33)(H,31,32). The number of benzene rings is 2. The molecule has 0 aliphatic rings. The molecule has 2 aromatic carbocycles. The smallest absolute Gasteiger partial charge is 0.407 e. The van der Waals surface area contributed by atoms with Gasteiger partial charge in [-0.1, -0.05) is 41.9 Å². The molecule has 34 heavy (non-hydrogen) atoms. The Hall–Kier alpha value is -2.90. The molecule has 6 nitrogen and oxygen atoms in total. The highest BCUT2D eigenvalue weighted by Gasteiger charge is 2.40. The first-order valence-corrected chi connectivity index (χ1v) is 11.3. The van der Waals surface area contributed by atoms with E-state index in [2.05, 4.69) is 11.9 Å². The van der Waals surface area contributed by atoms with Gasteiger partial charge in [0, 0.05) is 16.6 Å². The monoisotopic (exact) mass is 491 g/mol. The van der Waals surface area contributed by atoms with E-state index in [4.69, 9.17) is 16.3 Å². The molecule has 2 atom stereocenters. The van der Waals surface area contributed by atoms with E-state index in [1.807, 2.05) is 0 Å². The van der Waals surface area contributed by atoms with Crippen LogP contribution in [-0.4, -0.2) is 40.5 Å². The molecule has 1 amide bonds. The minimum absolute atomic E-state index is 0.0261. The van der Waals surface area contributed by atoms with Gasteiger partial charge in [-0.25, -0.2) is 9.18 Å². The van der Waals surface area contributed by atoms with E-state index >= 15 is 0 Å². The van der Waals surface area contributed by atoms with Crippen LogP contribution in [0.25, 0.3) is 11.1 Å². The number of carbonyl (C=O) groups is 2. The third-order valence-corrected chi connectivity index (χ3v) is 5.56. The van der Waals surface area contributed by atoms with Gasteiger partial charge in [0.05, 0.1) is 12.0 Å². The van der Waals surface area contributed by atoms with E-state index in [1.165, 1.54) is 24.3 Å². The highest BCUT2D eigenvalue weighted by atomic mass is 35.5. The van der Waals surface area contributed by atoms with E-state index in [0.717, 1.165) is 5.56 Å². The Balaban J connectivity index is 2.31. The molecule has 0 heterocycles. The first-order valence-electron chi connectivity index (χ1n) is 10.9. The number of allylic oxidation sites excluding steroid dienone is 1. The van der Waals surface area contributed by atoms with Gasteiger partial charge in [-0.2, -0.15) is 0 Å². The van der Waals surface area contributed by atoms with E-state index < -0.39 is 41.5 Å². The van der Waals surface area contributed by atoms with Crippen LogP contribution in [0.2, 0.25) is 5.02 Å². The van der Waals surface area contributed by atoms with E-state index in [9.17, 15) is 24.2 Å². The molecule has 2 unspecified atom stereocenters. The normalized spacial score (nSPS) is 14.1. The molecule has 184 valence electrons. The Morgan fingerprint density at radius 3 is 2.38 bits per heavy atom. The van der Waals surface area contributed by atoms with Crippen molar-refractivity contribution in [2.75, 3.05) is 6.61 Å². The highest BCUT2D eigenvalue weighted by molar-refractivity contribution is 6.30. The fourth-order valence-electron chi connectivity index (χ4n) is 3.67. The zero-order valence-corrected chi connectivity index (χ0v) is 20.4. The maximum absolute atomic E-state index is 14.2. The molecule has 3 N–H and O–H groups in total. The second-order valence-corrected chi connectivity index (χ2v) is 9.75. The molecule has 0 aliphatic carbocycles. The van der Waals surface area contributed by atoms with Crippen molar-refractivity contribution < 1.29 is 28.9 Å². The number of aliphatic carboxylic acids is 1. The Labute approximate surface area is 204 Å². The summed E-state index contributed by atoms with van der Waals surface area (Å²) in [4.78, 5) is 24.5. The van der Waals surface area contributed by atoms with Crippen LogP contribution >= 0.6 is 11.6 Å². The lowest BCUT2D eigenvalue weighted by molar-refractivity contribution is -0.152. The topological polar surface area (TPSA) is 95.9 Å². The van der Waals surface area contributed by atoms with Gasteiger partial charge in [-0.05, 0) is 69.4 Å². The Morgan fingerprint density at radius 1 is 1.21 bits per heavy atom. The first-order chi connectivity index (χ1) is 15.9. The maximum atomic E-state index is 14.2. The molecule has 2 aromatic rings. The molecule has 0 saturated carbocycles. The number of carboxylic acids is 1. The van der Waals surface area contributed by atoms with E-state index in [1.54, 1.807) is 45.0 Å². The minimum atomic E-state index is -1.51. The lowest BCUT2D eigenvalue weighted by atomic mass is 9.78. The van der Waals surface area contributed by atoms with Gasteiger partial charge < -0.3 is 20.3 Å². The van der Waals surface area contributed by atoms with Crippen LogP contribution in [0.5, 0.6) is 0 Å². The van der Waals surface area contributed by atoms with Crippen molar-refractivity contribution in [3.8, 4) is 11.1 Å². The number of amides is 1. The number of aliphatic hydroxyl groups is 1. The summed E-state index contributed by atoms with van der Waals surface area (Å²) in [5.41, 5.74) is -0.478. The summed E-state index contributed by atoms with van der Waals surface area (Å²) in [5.74, 6) is -1.59. The lowest BCUT2D eigenvalue weighted by Gasteiger charge is -2.31. The van der Waals surface area contributed by atoms with Crippen LogP contribution in [0.1, 0.15) is 39.2 Å². The van der Waals surface area contributed by atoms with Gasteiger partial charge in [0.1, 0.15) is 11.4 Å². The first kappa shape index (κ1) is 27.3. The zero-order valence-electron chi connectivity index (χ0n) is 19.6. The number of ether oxygens (including phenoxy) is 1. The van der Waals surface area contributed by atoms with Gasteiger partial charge in [0.15, 0.2) is 0 Å². The SMILES string of the molecule is C=CCC(CO)(CC(Cc1ccc(-c2cc(Cl)ccc2F)cc1)NC(=O)OC(C)(C)C)C(=O)O. The Bertz CT molecular complexity index is 1020. The molecule has 0 fully saturated rings. The van der Waals surface area contributed by atoms with Crippen LogP contribution in [0.15, 0.2) is 55.1 Å². The molecule has 0 radical (unpaired) electrons. The van der Waals surface area contributed by atoms with E-state index in [0.29, 0.717) is 16.1 Å². The van der Waals surface area contributed by atoms with Gasteiger partial charge in [0.25, 0.3) is 0 Å². The predicted octanol–water partition coefficient (Wildman–Crippen LogP) is 5.61. The van der Waals surface area contributed by atoms with Crippen LogP contribution in [-0.2, 0) is 16.0 Å². The third-order valence-electron chi connectivity index (χ3n) is 5.32. The fourth-order valence-corrected chi connectivity index (χ4v) is 3.85. The Kier molecular flexibility index (Phi) is 9.24. The van der Waals surface area contributed by atoms with Gasteiger partial charge in [0.2, 0.25) is 0 Å². The molecule has 0 saturated heterocycles. The maximum Gasteiger partial charge on any atom is 0.407 e. The second kappa shape index (κ2) is 11.5. The van der Waals surface area contributed by atoms with Crippen molar-refractivity contribution in [1.82, 2.24) is 5.32 Å². The van der Waals surface area contributed by atoms with Gasteiger partial charge >= 0.3 is 12.1 Å². The van der Waals surface area contributed by atoms with E-state index in [-0.39, 0.29) is 19.3 Å². The van der Waals surface area contributed by atoms with Crippen molar-refractivity contribution in [1.29, 1.82) is 0 Å². The molecular formula is C26H31ClFNO5. The molecule has 0 bridgehead atoms. The van der Waals surface area contributed by atoms with Crippen molar-refractivity contribution in [2.45, 2.75) is 51.7 Å². The zero-order chi connectivity index (χ0) is 25.5. The lowest BCUT2D eigenvalue weighted by Crippen LogP contribution is -2.46. The second-order valence-electron chi connectivity index (χ2n) is 9.31. The number of halogens is 2. The summed E-state index contributed by atoms with van der Waals surface area (Å²) in [6, 6.07) is 10.7. The summed E-state index contributed by atoms with van der Waals surface area (Å²) in [6.45, 7) is 8.16. The Morgan fingerprint density at radius 2 is 1.85 bits per heavy atom. The molecular weight excluding hydrogens is 461 g/mol. The van der Waals surface area contributed by atoms with Crippen LogP contribution in [0.3, 0.4) is 0 Å². The van der Waals surface area contributed by atoms with Crippen LogP contribution in [0.4, 0.5) is 9.18 Å². The van der Waals surface area contributed by atoms with Crippen LogP contribution in [0, 0.1) is 11.2 Å². The number of aliphatic hydroxyl groups excluding tert-OH is 1. The van der Waals surface area contributed by atoms with Crippen molar-refractivity contribution in [3.63, 3.8) is 0 Å². The predicted molar refractivity (Wildman–Crippen MR) is 130 cm³/mol. The summed E-state index contributed by atoms with van der Waals surface area (Å²) in [5, 5.41) is 22.9. The molecule has 0 aromatic heterocycles. The largest absolute Gasteiger partial charge is 0.481 e. The summed E-state index contributed by atoms with van der Waals surface area (Å²) in [7, 11) is 0. The summed E-state index contributed by atoms with van der Waals surface area (Å²) >= 11 is 5.99. The molecule has 0 spiro atoms. The number of rotatable bonds is 10. The average molecular weight is 492 g/mol. The number of carboxylic acid groups (broad SMARTS) is 1. The molecule has 8 heteroatoms. The molecule has 2 rings (SSSR count). The quantitative estimate of drug-likeness (QED) is 0.375. The number of alkyl carbamates (subject to hydrolysis) is 1. The summed E-state index contributed by atoms with van der Waals surface area (Å²) in [6.07, 6.45) is 0.992. The van der Waals surface area contributed by atoms with Crippen molar-refractivity contribution in [2.24, 2.45) is 5.41 Å².